The van der Waals surface area contributed by atoms with Gasteiger partial charge in [0.25, 0.3) is 10.0 Å². The highest BCUT2D eigenvalue weighted by Gasteiger charge is 2.29. The lowest BCUT2D eigenvalue weighted by Crippen LogP contribution is -2.40. The van der Waals surface area contributed by atoms with Crippen LogP contribution in [0.1, 0.15) is 24.0 Å². The van der Waals surface area contributed by atoms with Crippen LogP contribution in [0, 0.1) is 0 Å². The van der Waals surface area contributed by atoms with Crippen molar-refractivity contribution in [2.45, 2.75) is 35.5 Å². The molecule has 0 spiro atoms. The first-order chi connectivity index (χ1) is 15.8. The number of methoxy groups -OCH3 is 2. The van der Waals surface area contributed by atoms with Crippen LogP contribution in [0.4, 0.5) is 5.69 Å². The van der Waals surface area contributed by atoms with Crippen molar-refractivity contribution in [3.8, 4) is 11.5 Å². The Labute approximate surface area is 194 Å². The highest BCUT2D eigenvalue weighted by molar-refractivity contribution is 7.93. The average Bonchev–Trinajstić information content (AvgIpc) is 2.83. The highest BCUT2D eigenvalue weighted by atomic mass is 32.2. The number of nitrogens with zero attached hydrogens (tertiary/aromatic N) is 1. The van der Waals surface area contributed by atoms with Crippen LogP contribution in [0.3, 0.4) is 0 Å². The maximum Gasteiger partial charge on any atom is 0.265 e. The number of benzene rings is 2. The topological polar surface area (TPSA) is 111 Å². The van der Waals surface area contributed by atoms with E-state index in [2.05, 4.69) is 4.72 Å². The van der Waals surface area contributed by atoms with Gasteiger partial charge in [-0.3, -0.25) is 4.72 Å². The quantitative estimate of drug-likeness (QED) is 0.627. The first-order valence-corrected chi connectivity index (χ1v) is 13.7. The van der Waals surface area contributed by atoms with Crippen molar-refractivity contribution in [3.63, 3.8) is 0 Å². The van der Waals surface area contributed by atoms with Crippen LogP contribution >= 0.6 is 0 Å². The minimum atomic E-state index is -4.09. The standard InChI is InChI=1S/C22H28N2O7S2/c1-29-20-8-7-18(33(27,28)24-9-11-31-12-10-24)15-19(20)23-32(25,26)22-14-17-6-4-3-5-16(17)13-21(22)30-2/h7-8,13-15,23H,3-6,9-12H2,1-2H3. The minimum absolute atomic E-state index is 0.00847. The smallest absolute Gasteiger partial charge is 0.265 e. The summed E-state index contributed by atoms with van der Waals surface area (Å²) < 4.78 is 72.6. The summed E-state index contributed by atoms with van der Waals surface area (Å²) in [5.74, 6) is 0.454. The Balaban J connectivity index is 1.71. The summed E-state index contributed by atoms with van der Waals surface area (Å²) in [4.78, 5) is -0.0190. The first kappa shape index (κ1) is 23.8. The third-order valence-corrected chi connectivity index (χ3v) is 9.22. The number of hydrogen-bond donors (Lipinski definition) is 1. The normalized spacial score (nSPS) is 17.3. The largest absolute Gasteiger partial charge is 0.495 e. The van der Waals surface area contributed by atoms with Crippen molar-refractivity contribution in [1.29, 1.82) is 0 Å². The van der Waals surface area contributed by atoms with Gasteiger partial charge in [-0.15, -0.1) is 0 Å². The molecule has 0 atom stereocenters. The van der Waals surface area contributed by atoms with Gasteiger partial charge in [-0.2, -0.15) is 4.31 Å². The number of fused-ring (bicyclic) bond motifs is 1. The fourth-order valence-electron chi connectivity index (χ4n) is 4.17. The Bertz CT molecular complexity index is 1240. The van der Waals surface area contributed by atoms with Crippen molar-refractivity contribution >= 4 is 25.7 Å². The van der Waals surface area contributed by atoms with Gasteiger partial charge in [-0.25, -0.2) is 16.8 Å². The molecular formula is C22H28N2O7S2. The van der Waals surface area contributed by atoms with Gasteiger partial charge in [-0.1, -0.05) is 0 Å². The fraction of sp³-hybridized carbons (Fsp3) is 0.455. The molecule has 2 aliphatic rings. The van der Waals surface area contributed by atoms with E-state index in [1.807, 2.05) is 0 Å². The number of ether oxygens (including phenoxy) is 3. The highest BCUT2D eigenvalue weighted by Crippen LogP contribution is 2.35. The number of hydrogen-bond acceptors (Lipinski definition) is 7. The average molecular weight is 497 g/mol. The van der Waals surface area contributed by atoms with E-state index in [0.29, 0.717) is 13.2 Å². The molecule has 1 heterocycles. The zero-order valence-corrected chi connectivity index (χ0v) is 20.3. The Hall–Kier alpha value is -2.34. The van der Waals surface area contributed by atoms with Gasteiger partial charge in [-0.05, 0) is 67.1 Å². The van der Waals surface area contributed by atoms with Crippen molar-refractivity contribution in [3.05, 3.63) is 41.5 Å². The van der Waals surface area contributed by atoms with Crippen LogP contribution in [0.5, 0.6) is 11.5 Å². The SMILES string of the molecule is COc1ccc(S(=O)(=O)N2CCOCC2)cc1NS(=O)(=O)c1cc2c(cc1OC)CCCC2. The van der Waals surface area contributed by atoms with Gasteiger partial charge in [0.1, 0.15) is 16.4 Å². The van der Waals surface area contributed by atoms with Gasteiger partial charge in [0.05, 0.1) is 38.0 Å². The lowest BCUT2D eigenvalue weighted by atomic mass is 9.92. The minimum Gasteiger partial charge on any atom is -0.495 e. The van der Waals surface area contributed by atoms with Gasteiger partial charge in [0, 0.05) is 13.1 Å². The van der Waals surface area contributed by atoms with E-state index < -0.39 is 20.0 Å². The fourth-order valence-corrected chi connectivity index (χ4v) is 6.87. The lowest BCUT2D eigenvalue weighted by Gasteiger charge is -2.26. The van der Waals surface area contributed by atoms with Crippen LogP contribution in [-0.2, 0) is 37.6 Å². The molecule has 1 aliphatic carbocycles. The van der Waals surface area contributed by atoms with E-state index in [1.165, 1.54) is 36.7 Å². The lowest BCUT2D eigenvalue weighted by molar-refractivity contribution is 0.0730. The van der Waals surface area contributed by atoms with Crippen LogP contribution in [-0.4, -0.2) is 61.7 Å². The second kappa shape index (κ2) is 9.49. The molecule has 2 aromatic carbocycles. The molecule has 0 amide bonds. The molecule has 1 saturated heterocycles. The van der Waals surface area contributed by atoms with Crippen LogP contribution < -0.4 is 14.2 Å². The Kier molecular flexibility index (Phi) is 6.85. The predicted octanol–water partition coefficient (Wildman–Crippen LogP) is 2.40. The van der Waals surface area contributed by atoms with E-state index in [1.54, 1.807) is 12.1 Å². The number of rotatable bonds is 7. The Morgan fingerprint density at radius 2 is 1.52 bits per heavy atom. The van der Waals surface area contributed by atoms with Crippen molar-refractivity contribution in [1.82, 2.24) is 4.31 Å². The van der Waals surface area contributed by atoms with Gasteiger partial charge < -0.3 is 14.2 Å². The summed E-state index contributed by atoms with van der Waals surface area (Å²) in [5, 5.41) is 0. The summed E-state index contributed by atoms with van der Waals surface area (Å²) in [5.41, 5.74) is 2.11. The molecule has 0 bridgehead atoms. The number of morpholine rings is 1. The summed E-state index contributed by atoms with van der Waals surface area (Å²) in [6, 6.07) is 7.55. The monoisotopic (exact) mass is 496 g/mol. The molecule has 2 aromatic rings. The Morgan fingerprint density at radius 3 is 2.15 bits per heavy atom. The molecular weight excluding hydrogens is 468 g/mol. The predicted molar refractivity (Wildman–Crippen MR) is 123 cm³/mol. The van der Waals surface area contributed by atoms with Crippen LogP contribution in [0.2, 0.25) is 0 Å². The van der Waals surface area contributed by atoms with E-state index >= 15 is 0 Å². The summed E-state index contributed by atoms with van der Waals surface area (Å²) in [6.45, 7) is 1.10. The van der Waals surface area contributed by atoms with E-state index in [4.69, 9.17) is 14.2 Å². The number of anilines is 1. The molecule has 4 rings (SSSR count). The molecule has 1 fully saturated rings. The molecule has 11 heteroatoms. The summed E-state index contributed by atoms with van der Waals surface area (Å²) >= 11 is 0. The molecule has 1 N–H and O–H groups in total. The maximum absolute atomic E-state index is 13.4. The summed E-state index contributed by atoms with van der Waals surface area (Å²) in [6.07, 6.45) is 3.75. The molecule has 33 heavy (non-hydrogen) atoms. The van der Waals surface area contributed by atoms with Gasteiger partial charge >= 0.3 is 0 Å². The number of nitrogens with one attached hydrogen (secondary N) is 1. The molecule has 0 unspecified atom stereocenters. The van der Waals surface area contributed by atoms with Crippen molar-refractivity contribution < 1.29 is 31.0 Å². The van der Waals surface area contributed by atoms with Crippen LogP contribution in [0.15, 0.2) is 40.1 Å². The molecule has 9 nitrogen and oxygen atoms in total. The Morgan fingerprint density at radius 1 is 0.879 bits per heavy atom. The molecule has 0 aromatic heterocycles. The van der Waals surface area contributed by atoms with E-state index in [0.717, 1.165) is 36.8 Å². The third kappa shape index (κ3) is 4.81. The second-order valence-corrected chi connectivity index (χ2v) is 11.6. The van der Waals surface area contributed by atoms with Crippen molar-refractivity contribution in [2.24, 2.45) is 0 Å². The zero-order valence-electron chi connectivity index (χ0n) is 18.7. The molecule has 1 aliphatic heterocycles. The van der Waals surface area contributed by atoms with E-state index in [-0.39, 0.29) is 40.1 Å². The summed E-state index contributed by atoms with van der Waals surface area (Å²) in [7, 11) is -5.09. The molecule has 180 valence electrons. The van der Waals surface area contributed by atoms with E-state index in [9.17, 15) is 16.8 Å². The van der Waals surface area contributed by atoms with Gasteiger partial charge in [0.2, 0.25) is 10.0 Å². The first-order valence-electron chi connectivity index (χ1n) is 10.7. The molecule has 0 radical (unpaired) electrons. The zero-order chi connectivity index (χ0) is 23.6. The van der Waals surface area contributed by atoms with Crippen LogP contribution in [0.25, 0.3) is 0 Å². The number of aryl methyl sites for hydroxylation is 2. The van der Waals surface area contributed by atoms with Gasteiger partial charge in [0.15, 0.2) is 0 Å². The maximum atomic E-state index is 13.4. The third-order valence-electron chi connectivity index (χ3n) is 5.94. The second-order valence-electron chi connectivity index (χ2n) is 7.96. The number of sulfonamides is 2. The molecule has 0 saturated carbocycles. The van der Waals surface area contributed by atoms with Crippen molar-refractivity contribution in [2.75, 3.05) is 45.2 Å².